The summed E-state index contributed by atoms with van der Waals surface area (Å²) in [6, 6.07) is 5.42. The summed E-state index contributed by atoms with van der Waals surface area (Å²) >= 11 is 6.04. The fraction of sp³-hybridized carbons (Fsp3) is 0.571. The van der Waals surface area contributed by atoms with Gasteiger partial charge in [-0.25, -0.2) is 0 Å². The Morgan fingerprint density at radius 2 is 2.00 bits per heavy atom. The summed E-state index contributed by atoms with van der Waals surface area (Å²) in [6.45, 7) is 7.15. The molecule has 0 aromatic heterocycles. The molecular weight excluding hydrogens is 250 g/mol. The van der Waals surface area contributed by atoms with E-state index in [9.17, 15) is 5.11 Å². The quantitative estimate of drug-likeness (QED) is 0.827. The van der Waals surface area contributed by atoms with Crippen LogP contribution in [-0.2, 0) is 0 Å². The molecule has 1 aromatic carbocycles. The van der Waals surface area contributed by atoms with Gasteiger partial charge in [-0.05, 0) is 37.2 Å². The van der Waals surface area contributed by atoms with E-state index in [0.29, 0.717) is 17.2 Å². The van der Waals surface area contributed by atoms with Crippen LogP contribution < -0.4 is 4.74 Å². The molecule has 0 bridgehead atoms. The Morgan fingerprint density at radius 3 is 2.50 bits per heavy atom. The van der Waals surface area contributed by atoms with E-state index >= 15 is 0 Å². The molecule has 1 rings (SSSR count). The molecule has 18 heavy (non-hydrogen) atoms. The van der Waals surface area contributed by atoms with Crippen molar-refractivity contribution >= 4 is 11.6 Å². The molecule has 0 amide bonds. The predicted molar refractivity (Wildman–Crippen MR) is 75.4 cm³/mol. The van der Waals surface area contributed by atoms with Gasteiger partial charge in [-0.3, -0.25) is 0 Å². The number of methoxy groups -OCH3 is 1. The molecule has 0 spiro atoms. The normalized spacial score (nSPS) is 12.8. The Balaban J connectivity index is 2.61. The van der Waals surface area contributed by atoms with E-state index in [0.717, 1.165) is 25.2 Å². The molecule has 102 valence electrons. The fourth-order valence-electron chi connectivity index (χ4n) is 1.90. The van der Waals surface area contributed by atoms with Gasteiger partial charge in [0, 0.05) is 6.54 Å². The summed E-state index contributed by atoms with van der Waals surface area (Å²) in [4.78, 5) is 2.29. The minimum absolute atomic E-state index is 0.478. The van der Waals surface area contributed by atoms with Gasteiger partial charge in [0.05, 0.1) is 18.2 Å². The van der Waals surface area contributed by atoms with Crippen molar-refractivity contribution in [3.8, 4) is 5.75 Å². The molecule has 1 aromatic rings. The predicted octanol–water partition coefficient (Wildman–Crippen LogP) is 3.11. The highest BCUT2D eigenvalue weighted by Gasteiger charge is 2.11. The third-order valence-corrected chi connectivity index (χ3v) is 3.47. The monoisotopic (exact) mass is 271 g/mol. The number of ether oxygens (including phenoxy) is 1. The number of halogens is 1. The highest BCUT2D eigenvalue weighted by atomic mass is 35.5. The number of aliphatic hydroxyl groups is 1. The summed E-state index contributed by atoms with van der Waals surface area (Å²) in [6.07, 6.45) is 0.235. The van der Waals surface area contributed by atoms with Gasteiger partial charge in [0.25, 0.3) is 0 Å². The maximum Gasteiger partial charge on any atom is 0.137 e. The molecule has 4 heteroatoms. The Kier molecular flexibility index (Phi) is 6.47. The lowest BCUT2D eigenvalue weighted by atomic mass is 10.1. The second kappa shape index (κ2) is 7.62. The summed E-state index contributed by atoms with van der Waals surface area (Å²) < 4.78 is 5.09. The van der Waals surface area contributed by atoms with Gasteiger partial charge in [0.2, 0.25) is 0 Å². The van der Waals surface area contributed by atoms with E-state index in [2.05, 4.69) is 18.7 Å². The van der Waals surface area contributed by atoms with Crippen LogP contribution >= 0.6 is 11.6 Å². The Morgan fingerprint density at radius 1 is 1.33 bits per heavy atom. The summed E-state index contributed by atoms with van der Waals surface area (Å²) in [5.74, 6) is 0.636. The molecule has 0 aliphatic carbocycles. The van der Waals surface area contributed by atoms with Gasteiger partial charge in [-0.2, -0.15) is 0 Å². The van der Waals surface area contributed by atoms with Crippen molar-refractivity contribution in [3.05, 3.63) is 28.8 Å². The number of nitrogens with zero attached hydrogens (tertiary/aromatic N) is 1. The van der Waals surface area contributed by atoms with Gasteiger partial charge < -0.3 is 14.7 Å². The van der Waals surface area contributed by atoms with Crippen molar-refractivity contribution < 1.29 is 9.84 Å². The van der Waals surface area contributed by atoms with Crippen LogP contribution in [0.4, 0.5) is 0 Å². The highest BCUT2D eigenvalue weighted by molar-refractivity contribution is 6.32. The Hall–Kier alpha value is -0.770. The van der Waals surface area contributed by atoms with Crippen LogP contribution in [-0.4, -0.2) is 36.8 Å². The van der Waals surface area contributed by atoms with Crippen LogP contribution in [0.1, 0.15) is 31.9 Å². The average Bonchev–Trinajstić information content (AvgIpc) is 2.39. The lowest BCUT2D eigenvalue weighted by Gasteiger charge is -2.20. The molecule has 0 aliphatic heterocycles. The molecule has 0 heterocycles. The van der Waals surface area contributed by atoms with Gasteiger partial charge in [-0.1, -0.05) is 31.5 Å². The molecule has 1 atom stereocenters. The molecule has 0 saturated heterocycles. The minimum Gasteiger partial charge on any atom is -0.495 e. The van der Waals surface area contributed by atoms with Crippen molar-refractivity contribution in [1.29, 1.82) is 0 Å². The van der Waals surface area contributed by atoms with E-state index in [4.69, 9.17) is 16.3 Å². The highest BCUT2D eigenvalue weighted by Crippen LogP contribution is 2.28. The number of aliphatic hydroxyl groups excluding tert-OH is 1. The van der Waals surface area contributed by atoms with Gasteiger partial charge in [0.1, 0.15) is 5.75 Å². The lowest BCUT2D eigenvalue weighted by molar-refractivity contribution is 0.145. The van der Waals surface area contributed by atoms with Crippen molar-refractivity contribution in [2.75, 3.05) is 26.7 Å². The topological polar surface area (TPSA) is 32.7 Å². The van der Waals surface area contributed by atoms with Crippen LogP contribution in [0.25, 0.3) is 0 Å². The number of hydrogen-bond acceptors (Lipinski definition) is 3. The first kappa shape index (κ1) is 15.3. The van der Waals surface area contributed by atoms with Crippen molar-refractivity contribution in [2.24, 2.45) is 0 Å². The van der Waals surface area contributed by atoms with Crippen molar-refractivity contribution in [3.63, 3.8) is 0 Å². The Bertz CT molecular complexity index is 367. The second-order valence-electron chi connectivity index (χ2n) is 4.23. The van der Waals surface area contributed by atoms with E-state index < -0.39 is 6.10 Å². The molecule has 3 nitrogen and oxygen atoms in total. The SMILES string of the molecule is CCN(CC)CCC(O)c1ccc(OC)c(Cl)c1. The van der Waals surface area contributed by atoms with Gasteiger partial charge in [0.15, 0.2) is 0 Å². The van der Waals surface area contributed by atoms with Crippen molar-refractivity contribution in [2.45, 2.75) is 26.4 Å². The molecule has 0 saturated carbocycles. The van der Waals surface area contributed by atoms with Crippen LogP contribution in [0.5, 0.6) is 5.75 Å². The van der Waals surface area contributed by atoms with Gasteiger partial charge in [-0.15, -0.1) is 0 Å². The molecular formula is C14H22ClNO2. The van der Waals surface area contributed by atoms with Crippen LogP contribution in [0.15, 0.2) is 18.2 Å². The van der Waals surface area contributed by atoms with Crippen LogP contribution in [0.3, 0.4) is 0 Å². The zero-order valence-electron chi connectivity index (χ0n) is 11.3. The van der Waals surface area contributed by atoms with E-state index in [1.165, 1.54) is 0 Å². The minimum atomic E-state index is -0.478. The maximum atomic E-state index is 10.1. The first-order valence-corrected chi connectivity index (χ1v) is 6.74. The smallest absolute Gasteiger partial charge is 0.137 e. The van der Waals surface area contributed by atoms with Crippen LogP contribution in [0, 0.1) is 0 Å². The summed E-state index contributed by atoms with van der Waals surface area (Å²) in [5, 5.41) is 10.7. The molecule has 0 fully saturated rings. The largest absolute Gasteiger partial charge is 0.495 e. The second-order valence-corrected chi connectivity index (χ2v) is 4.63. The zero-order chi connectivity index (χ0) is 13.5. The van der Waals surface area contributed by atoms with E-state index in [-0.39, 0.29) is 0 Å². The van der Waals surface area contributed by atoms with Crippen molar-refractivity contribution in [1.82, 2.24) is 4.90 Å². The Labute approximate surface area is 114 Å². The summed E-state index contributed by atoms with van der Waals surface area (Å²) in [5.41, 5.74) is 0.841. The third-order valence-electron chi connectivity index (χ3n) is 3.17. The standard InChI is InChI=1S/C14H22ClNO2/c1-4-16(5-2)9-8-13(17)11-6-7-14(18-3)12(15)10-11/h6-7,10,13,17H,4-5,8-9H2,1-3H3. The molecule has 0 aliphatic rings. The number of rotatable bonds is 7. The van der Waals surface area contributed by atoms with Gasteiger partial charge >= 0.3 is 0 Å². The van der Waals surface area contributed by atoms with E-state index in [1.54, 1.807) is 19.2 Å². The van der Waals surface area contributed by atoms with Crippen LogP contribution in [0.2, 0.25) is 5.02 Å². The lowest BCUT2D eigenvalue weighted by Crippen LogP contribution is -2.25. The fourth-order valence-corrected chi connectivity index (χ4v) is 2.17. The molecule has 1 unspecified atom stereocenters. The number of benzene rings is 1. The molecule has 0 radical (unpaired) electrons. The average molecular weight is 272 g/mol. The maximum absolute atomic E-state index is 10.1. The third kappa shape index (κ3) is 4.16. The zero-order valence-corrected chi connectivity index (χ0v) is 12.1. The first-order chi connectivity index (χ1) is 8.62. The van der Waals surface area contributed by atoms with E-state index in [1.807, 2.05) is 6.07 Å². The number of hydrogen-bond donors (Lipinski definition) is 1. The summed E-state index contributed by atoms with van der Waals surface area (Å²) in [7, 11) is 1.58. The molecule has 1 N–H and O–H groups in total. The first-order valence-electron chi connectivity index (χ1n) is 6.36.